The second kappa shape index (κ2) is 10.1. The van der Waals surface area contributed by atoms with E-state index in [0.717, 1.165) is 17.0 Å². The number of thiazole rings is 1. The number of carbonyl (C=O) groups is 2. The van der Waals surface area contributed by atoms with Gasteiger partial charge in [0.05, 0.1) is 25.6 Å². The van der Waals surface area contributed by atoms with E-state index in [0.29, 0.717) is 27.8 Å². The molecule has 8 heteroatoms. The standard InChI is InChI=1S/C23H24N2O5S/c1-5-15-6-8-16(9-7-15)22-24-14(2)21(31-22)23(27)30-13-20(26)25-18-12-17(28-3)10-11-19(18)29-4/h6-12H,5,13H2,1-4H3,(H,25,26). The summed E-state index contributed by atoms with van der Waals surface area (Å²) in [4.78, 5) is 29.7. The Hall–Kier alpha value is -3.39. The lowest BCUT2D eigenvalue weighted by Gasteiger charge is -2.11. The molecule has 1 amide bonds. The monoisotopic (exact) mass is 440 g/mol. The van der Waals surface area contributed by atoms with E-state index in [2.05, 4.69) is 17.2 Å². The number of esters is 1. The first-order valence-electron chi connectivity index (χ1n) is 9.70. The van der Waals surface area contributed by atoms with Gasteiger partial charge in [-0.1, -0.05) is 31.2 Å². The van der Waals surface area contributed by atoms with Crippen molar-refractivity contribution < 1.29 is 23.8 Å². The molecule has 0 radical (unpaired) electrons. The number of nitrogens with zero attached hydrogens (tertiary/aromatic N) is 1. The van der Waals surface area contributed by atoms with Crippen LogP contribution in [0.1, 0.15) is 27.9 Å². The molecule has 31 heavy (non-hydrogen) atoms. The van der Waals surface area contributed by atoms with Crippen LogP contribution in [0.25, 0.3) is 10.6 Å². The molecule has 0 spiro atoms. The van der Waals surface area contributed by atoms with Crippen molar-refractivity contribution in [2.45, 2.75) is 20.3 Å². The van der Waals surface area contributed by atoms with Gasteiger partial charge in [0, 0.05) is 11.6 Å². The quantitative estimate of drug-likeness (QED) is 0.519. The Morgan fingerprint density at radius 2 is 1.81 bits per heavy atom. The minimum Gasteiger partial charge on any atom is -0.497 e. The normalized spacial score (nSPS) is 10.5. The largest absolute Gasteiger partial charge is 0.497 e. The lowest BCUT2D eigenvalue weighted by Crippen LogP contribution is -2.21. The highest BCUT2D eigenvalue weighted by atomic mass is 32.1. The molecular weight excluding hydrogens is 416 g/mol. The number of hydrogen-bond donors (Lipinski definition) is 1. The minimum absolute atomic E-state index is 0.376. The molecule has 0 bridgehead atoms. The summed E-state index contributed by atoms with van der Waals surface area (Å²) in [6.45, 7) is 3.41. The summed E-state index contributed by atoms with van der Waals surface area (Å²) in [6, 6.07) is 13.1. The van der Waals surface area contributed by atoms with E-state index in [4.69, 9.17) is 14.2 Å². The molecule has 0 aliphatic heterocycles. The summed E-state index contributed by atoms with van der Waals surface area (Å²) in [5, 5.41) is 3.40. The van der Waals surface area contributed by atoms with E-state index in [1.807, 2.05) is 24.3 Å². The highest BCUT2D eigenvalue weighted by Gasteiger charge is 2.19. The van der Waals surface area contributed by atoms with Gasteiger partial charge < -0.3 is 19.5 Å². The van der Waals surface area contributed by atoms with Gasteiger partial charge in [0.2, 0.25) is 0 Å². The second-order valence-corrected chi connectivity index (χ2v) is 7.67. The van der Waals surface area contributed by atoms with Crippen LogP contribution < -0.4 is 14.8 Å². The number of hydrogen-bond acceptors (Lipinski definition) is 7. The predicted octanol–water partition coefficient (Wildman–Crippen LogP) is 4.49. The van der Waals surface area contributed by atoms with Gasteiger partial charge in [-0.15, -0.1) is 11.3 Å². The first-order valence-corrected chi connectivity index (χ1v) is 10.5. The number of aryl methyl sites for hydroxylation is 2. The molecule has 3 rings (SSSR count). The van der Waals surface area contributed by atoms with E-state index in [9.17, 15) is 9.59 Å². The maximum atomic E-state index is 12.5. The fourth-order valence-electron chi connectivity index (χ4n) is 2.89. The number of ether oxygens (including phenoxy) is 3. The Bertz CT molecular complexity index is 1080. The van der Waals surface area contributed by atoms with Gasteiger partial charge in [-0.05, 0) is 31.0 Å². The summed E-state index contributed by atoms with van der Waals surface area (Å²) >= 11 is 1.25. The molecule has 162 valence electrons. The zero-order chi connectivity index (χ0) is 22.4. The molecule has 0 aliphatic rings. The molecule has 0 atom stereocenters. The molecule has 0 saturated heterocycles. The summed E-state index contributed by atoms with van der Waals surface area (Å²) in [7, 11) is 3.02. The van der Waals surface area contributed by atoms with Crippen LogP contribution in [0.2, 0.25) is 0 Å². The van der Waals surface area contributed by atoms with Crippen LogP contribution in [0.15, 0.2) is 42.5 Å². The molecule has 2 aromatic carbocycles. The molecule has 1 heterocycles. The van der Waals surface area contributed by atoms with Gasteiger partial charge in [0.15, 0.2) is 6.61 Å². The maximum Gasteiger partial charge on any atom is 0.350 e. The summed E-state index contributed by atoms with van der Waals surface area (Å²) in [5.41, 5.74) is 3.16. The molecule has 0 unspecified atom stereocenters. The zero-order valence-corrected chi connectivity index (χ0v) is 18.7. The first kappa shape index (κ1) is 22.3. The van der Waals surface area contributed by atoms with Crippen molar-refractivity contribution in [3.8, 4) is 22.1 Å². The number of nitrogens with one attached hydrogen (secondary N) is 1. The van der Waals surface area contributed by atoms with Crippen molar-refractivity contribution in [3.05, 3.63) is 58.6 Å². The van der Waals surface area contributed by atoms with Gasteiger partial charge in [-0.2, -0.15) is 0 Å². The number of methoxy groups -OCH3 is 2. The third-order valence-corrected chi connectivity index (χ3v) is 5.79. The van der Waals surface area contributed by atoms with Crippen molar-refractivity contribution in [2.75, 3.05) is 26.1 Å². The summed E-state index contributed by atoms with van der Waals surface area (Å²) in [6.07, 6.45) is 0.957. The topological polar surface area (TPSA) is 86.8 Å². The molecule has 0 fully saturated rings. The molecule has 7 nitrogen and oxygen atoms in total. The van der Waals surface area contributed by atoms with Crippen LogP contribution in [-0.4, -0.2) is 37.7 Å². The smallest absolute Gasteiger partial charge is 0.350 e. The number of rotatable bonds is 8. The van der Waals surface area contributed by atoms with E-state index in [1.54, 1.807) is 25.1 Å². The number of carbonyl (C=O) groups excluding carboxylic acids is 2. The van der Waals surface area contributed by atoms with Gasteiger partial charge >= 0.3 is 5.97 Å². The van der Waals surface area contributed by atoms with Crippen molar-refractivity contribution in [1.29, 1.82) is 0 Å². The van der Waals surface area contributed by atoms with Crippen molar-refractivity contribution in [1.82, 2.24) is 4.98 Å². The third-order valence-electron chi connectivity index (χ3n) is 4.61. The van der Waals surface area contributed by atoms with E-state index < -0.39 is 18.5 Å². The molecule has 1 N–H and O–H groups in total. The van der Waals surface area contributed by atoms with E-state index in [1.165, 1.54) is 31.1 Å². The van der Waals surface area contributed by atoms with Crippen LogP contribution in [-0.2, 0) is 16.0 Å². The van der Waals surface area contributed by atoms with Gasteiger partial charge in [-0.25, -0.2) is 9.78 Å². The molecule has 0 aliphatic carbocycles. The lowest BCUT2D eigenvalue weighted by molar-refractivity contribution is -0.119. The zero-order valence-electron chi connectivity index (χ0n) is 17.9. The van der Waals surface area contributed by atoms with Crippen LogP contribution in [0.4, 0.5) is 5.69 Å². The molecule has 0 saturated carbocycles. The lowest BCUT2D eigenvalue weighted by atomic mass is 10.1. The molecule has 1 aromatic heterocycles. The van der Waals surface area contributed by atoms with E-state index >= 15 is 0 Å². The Morgan fingerprint density at radius 3 is 2.45 bits per heavy atom. The van der Waals surface area contributed by atoms with Gasteiger partial charge in [0.1, 0.15) is 21.4 Å². The SMILES string of the molecule is CCc1ccc(-c2nc(C)c(C(=O)OCC(=O)Nc3cc(OC)ccc3OC)s2)cc1. The van der Waals surface area contributed by atoms with Crippen LogP contribution in [0.3, 0.4) is 0 Å². The number of aromatic nitrogens is 1. The van der Waals surface area contributed by atoms with Crippen LogP contribution >= 0.6 is 11.3 Å². The molecular formula is C23H24N2O5S. The Balaban J connectivity index is 1.64. The number of amides is 1. The fraction of sp³-hybridized carbons (Fsp3) is 0.261. The number of anilines is 1. The average Bonchev–Trinajstić information content (AvgIpc) is 3.19. The van der Waals surface area contributed by atoms with Crippen molar-refractivity contribution in [2.24, 2.45) is 0 Å². The second-order valence-electron chi connectivity index (χ2n) is 6.67. The third kappa shape index (κ3) is 5.40. The summed E-state index contributed by atoms with van der Waals surface area (Å²) in [5.74, 6) is -0.0398. The highest BCUT2D eigenvalue weighted by molar-refractivity contribution is 7.17. The van der Waals surface area contributed by atoms with Crippen LogP contribution in [0, 0.1) is 6.92 Å². The van der Waals surface area contributed by atoms with Gasteiger partial charge in [-0.3, -0.25) is 4.79 Å². The maximum absolute atomic E-state index is 12.5. The first-order chi connectivity index (χ1) is 14.9. The van der Waals surface area contributed by atoms with Crippen LogP contribution in [0.5, 0.6) is 11.5 Å². The minimum atomic E-state index is -0.584. The van der Waals surface area contributed by atoms with E-state index in [-0.39, 0.29) is 0 Å². The summed E-state index contributed by atoms with van der Waals surface area (Å²) < 4.78 is 15.6. The Labute approximate surface area is 185 Å². The average molecular weight is 441 g/mol. The fourth-order valence-corrected chi connectivity index (χ4v) is 3.85. The Morgan fingerprint density at radius 1 is 1.06 bits per heavy atom. The predicted molar refractivity (Wildman–Crippen MR) is 120 cm³/mol. The highest BCUT2D eigenvalue weighted by Crippen LogP contribution is 2.30. The van der Waals surface area contributed by atoms with Crippen molar-refractivity contribution in [3.63, 3.8) is 0 Å². The van der Waals surface area contributed by atoms with Gasteiger partial charge in [0.25, 0.3) is 5.91 Å². The molecule has 3 aromatic rings. The van der Waals surface area contributed by atoms with Crippen molar-refractivity contribution >= 4 is 28.9 Å². The Kier molecular flexibility index (Phi) is 7.25. The number of benzene rings is 2.